The Bertz CT molecular complexity index is 925. The highest BCUT2D eigenvalue weighted by molar-refractivity contribution is 6.23. The lowest BCUT2D eigenvalue weighted by atomic mass is 9.96. The molecule has 1 atom stereocenters. The van der Waals surface area contributed by atoms with Crippen molar-refractivity contribution in [3.63, 3.8) is 0 Å². The van der Waals surface area contributed by atoms with Gasteiger partial charge >= 0.3 is 0 Å². The number of fused-ring (bicyclic) bond motifs is 1. The normalized spacial score (nSPS) is 23.9. The molecule has 2 saturated heterocycles. The molecule has 1 aromatic carbocycles. The van der Waals surface area contributed by atoms with Gasteiger partial charge in [0.1, 0.15) is 11.9 Å². The number of hydrogen-bond donors (Lipinski definition) is 1. The number of amides is 4. The molecule has 0 saturated carbocycles. The van der Waals surface area contributed by atoms with E-state index in [2.05, 4.69) is 5.32 Å². The average molecular weight is 377 g/mol. The highest BCUT2D eigenvalue weighted by Gasteiger charge is 2.47. The largest absolute Gasteiger partial charge is 0.362 e. The Morgan fingerprint density at radius 3 is 2.33 bits per heavy atom. The Morgan fingerprint density at radius 2 is 1.74 bits per heavy atom. The van der Waals surface area contributed by atoms with E-state index in [1.54, 1.807) is 0 Å². The minimum absolute atomic E-state index is 0.0126. The summed E-state index contributed by atoms with van der Waals surface area (Å²) in [6, 6.07) is 0.844. The quantitative estimate of drug-likeness (QED) is 0.585. The van der Waals surface area contributed by atoms with Gasteiger partial charge in [-0.05, 0) is 18.6 Å². The number of aldehydes is 1. The van der Waals surface area contributed by atoms with Crippen molar-refractivity contribution in [1.29, 1.82) is 0 Å². The second-order valence-electron chi connectivity index (χ2n) is 6.80. The van der Waals surface area contributed by atoms with Crippen molar-refractivity contribution in [2.75, 3.05) is 18.0 Å². The molecule has 0 aliphatic carbocycles. The van der Waals surface area contributed by atoms with Crippen LogP contribution in [0.3, 0.4) is 0 Å². The van der Waals surface area contributed by atoms with Gasteiger partial charge in [-0.3, -0.25) is 34.2 Å². The van der Waals surface area contributed by atoms with Crippen LogP contribution in [0.2, 0.25) is 0 Å². The zero-order valence-corrected chi connectivity index (χ0v) is 13.8. The number of hydrogen-bond acceptors (Lipinski definition) is 6. The Balaban J connectivity index is 1.65. The number of alkyl halides is 1. The Morgan fingerprint density at radius 1 is 1.11 bits per heavy atom. The third-order valence-corrected chi connectivity index (χ3v) is 4.97. The van der Waals surface area contributed by atoms with E-state index in [1.165, 1.54) is 4.90 Å². The molecule has 1 N–H and O–H groups in total. The first kappa shape index (κ1) is 17.3. The molecule has 4 rings (SSSR count). The lowest BCUT2D eigenvalue weighted by molar-refractivity contribution is -0.136. The van der Waals surface area contributed by atoms with Gasteiger partial charge in [0, 0.05) is 6.42 Å². The molecule has 0 bridgehead atoms. The van der Waals surface area contributed by atoms with Crippen LogP contribution in [0.1, 0.15) is 33.6 Å². The lowest BCUT2D eigenvalue weighted by Gasteiger charge is -2.42. The zero-order valence-electron chi connectivity index (χ0n) is 13.8. The fraction of sp³-hybridized carbons (Fsp3) is 0.353. The van der Waals surface area contributed by atoms with E-state index in [0.717, 1.165) is 17.0 Å². The molecule has 8 nitrogen and oxygen atoms in total. The van der Waals surface area contributed by atoms with Crippen LogP contribution >= 0.6 is 0 Å². The van der Waals surface area contributed by atoms with Crippen molar-refractivity contribution in [2.24, 2.45) is 0 Å². The summed E-state index contributed by atoms with van der Waals surface area (Å²) >= 11 is 0. The predicted molar refractivity (Wildman–Crippen MR) is 85.2 cm³/mol. The van der Waals surface area contributed by atoms with Gasteiger partial charge < -0.3 is 4.90 Å². The fourth-order valence-electron chi connectivity index (χ4n) is 3.55. The monoisotopic (exact) mass is 377 g/mol. The van der Waals surface area contributed by atoms with Crippen LogP contribution in [0.4, 0.5) is 14.5 Å². The topological polar surface area (TPSA) is 104 Å². The Kier molecular flexibility index (Phi) is 3.62. The SMILES string of the molecule is O=CC1(F)CN(c2cc3c(cc2F)C(=O)N(C2CCC(=O)NC2=O)C3=O)C1. The van der Waals surface area contributed by atoms with E-state index < -0.39 is 41.2 Å². The van der Waals surface area contributed by atoms with E-state index in [0.29, 0.717) is 0 Å². The summed E-state index contributed by atoms with van der Waals surface area (Å²) in [4.78, 5) is 61.1. The molecule has 2 fully saturated rings. The van der Waals surface area contributed by atoms with Crippen molar-refractivity contribution in [3.8, 4) is 0 Å². The van der Waals surface area contributed by atoms with E-state index in [1.807, 2.05) is 0 Å². The molecule has 3 aliphatic rings. The van der Waals surface area contributed by atoms with Gasteiger partial charge in [-0.2, -0.15) is 0 Å². The third kappa shape index (κ3) is 2.51. The molecule has 3 aliphatic heterocycles. The van der Waals surface area contributed by atoms with Gasteiger partial charge in [-0.15, -0.1) is 0 Å². The van der Waals surface area contributed by atoms with Crippen molar-refractivity contribution in [1.82, 2.24) is 10.2 Å². The summed E-state index contributed by atoms with van der Waals surface area (Å²) in [7, 11) is 0. The standard InChI is InChI=1S/C17H13F2N3O5/c18-10-3-8-9(4-12(10)21-5-17(19,6-21)7-23)16(27)22(15(8)26)11-1-2-13(24)20-14(11)25/h3-4,7,11H,1-2,5-6H2,(H,20,24,25). The molecule has 0 radical (unpaired) electrons. The lowest BCUT2D eigenvalue weighted by Crippen LogP contribution is -2.60. The number of benzene rings is 1. The molecule has 0 spiro atoms. The van der Waals surface area contributed by atoms with Crippen molar-refractivity contribution in [2.45, 2.75) is 24.6 Å². The summed E-state index contributed by atoms with van der Waals surface area (Å²) in [6.45, 7) is -0.712. The summed E-state index contributed by atoms with van der Waals surface area (Å²) in [5.41, 5.74) is -2.48. The van der Waals surface area contributed by atoms with Crippen LogP contribution < -0.4 is 10.2 Å². The highest BCUT2D eigenvalue weighted by Crippen LogP contribution is 2.36. The molecular weight excluding hydrogens is 364 g/mol. The molecule has 1 aromatic rings. The summed E-state index contributed by atoms with van der Waals surface area (Å²) in [5, 5.41) is 2.07. The number of halogens is 2. The number of rotatable bonds is 3. The van der Waals surface area contributed by atoms with E-state index in [4.69, 9.17) is 0 Å². The van der Waals surface area contributed by atoms with Crippen molar-refractivity contribution in [3.05, 3.63) is 29.1 Å². The molecule has 3 heterocycles. The zero-order chi connectivity index (χ0) is 19.5. The maximum absolute atomic E-state index is 14.4. The minimum Gasteiger partial charge on any atom is -0.362 e. The summed E-state index contributed by atoms with van der Waals surface area (Å²) < 4.78 is 28.2. The summed E-state index contributed by atoms with van der Waals surface area (Å²) in [6.07, 6.45) is 0.108. The average Bonchev–Trinajstić information content (AvgIpc) is 2.82. The van der Waals surface area contributed by atoms with E-state index >= 15 is 0 Å². The van der Waals surface area contributed by atoms with Crippen molar-refractivity contribution < 1.29 is 32.8 Å². The van der Waals surface area contributed by atoms with Crippen LogP contribution in [0.5, 0.6) is 0 Å². The van der Waals surface area contributed by atoms with Gasteiger partial charge in [0.25, 0.3) is 11.8 Å². The minimum atomic E-state index is -2.07. The predicted octanol–water partition coefficient (Wildman–Crippen LogP) is -0.0459. The number of carbonyl (C=O) groups excluding carboxylic acids is 5. The van der Waals surface area contributed by atoms with E-state index in [-0.39, 0.29) is 49.0 Å². The van der Waals surface area contributed by atoms with Crippen LogP contribution in [0.15, 0.2) is 12.1 Å². The van der Waals surface area contributed by atoms with Gasteiger partial charge in [0.2, 0.25) is 11.8 Å². The molecule has 10 heteroatoms. The number of nitrogens with one attached hydrogen (secondary N) is 1. The Labute approximate surface area is 151 Å². The smallest absolute Gasteiger partial charge is 0.262 e. The molecular formula is C17H13F2N3O5. The third-order valence-electron chi connectivity index (χ3n) is 4.97. The second kappa shape index (κ2) is 5.66. The second-order valence-corrected chi connectivity index (χ2v) is 6.80. The molecule has 140 valence electrons. The first-order valence-electron chi connectivity index (χ1n) is 8.19. The molecule has 0 aromatic heterocycles. The number of carbonyl (C=O) groups is 5. The number of piperidine rings is 1. The first-order valence-corrected chi connectivity index (χ1v) is 8.19. The van der Waals surface area contributed by atoms with Gasteiger partial charge in [-0.25, -0.2) is 8.78 Å². The highest BCUT2D eigenvalue weighted by atomic mass is 19.1. The van der Waals surface area contributed by atoms with Gasteiger partial charge in [-0.1, -0.05) is 0 Å². The van der Waals surface area contributed by atoms with Crippen LogP contribution in [0.25, 0.3) is 0 Å². The summed E-state index contributed by atoms with van der Waals surface area (Å²) in [5.74, 6) is -3.71. The number of imide groups is 2. The van der Waals surface area contributed by atoms with Crippen molar-refractivity contribution >= 4 is 35.6 Å². The molecule has 1 unspecified atom stereocenters. The first-order chi connectivity index (χ1) is 12.7. The number of anilines is 1. The van der Waals surface area contributed by atoms with E-state index in [9.17, 15) is 32.8 Å². The molecule has 27 heavy (non-hydrogen) atoms. The maximum Gasteiger partial charge on any atom is 0.262 e. The Hall–Kier alpha value is -3.17. The number of nitrogens with zero attached hydrogens (tertiary/aromatic N) is 2. The van der Waals surface area contributed by atoms with Crippen LogP contribution in [-0.2, 0) is 14.4 Å². The molecule has 4 amide bonds. The van der Waals surface area contributed by atoms with Crippen LogP contribution in [0, 0.1) is 5.82 Å². The van der Waals surface area contributed by atoms with Gasteiger partial charge in [0.15, 0.2) is 12.0 Å². The van der Waals surface area contributed by atoms with Gasteiger partial charge in [0.05, 0.1) is 29.9 Å². The maximum atomic E-state index is 14.4. The van der Waals surface area contributed by atoms with Crippen LogP contribution in [-0.4, -0.2) is 59.6 Å². The fourth-order valence-corrected chi connectivity index (χ4v) is 3.55.